The lowest BCUT2D eigenvalue weighted by Gasteiger charge is -2.28. The van der Waals surface area contributed by atoms with E-state index in [-0.39, 0.29) is 11.9 Å². The van der Waals surface area contributed by atoms with Gasteiger partial charge in [0.15, 0.2) is 0 Å². The van der Waals surface area contributed by atoms with E-state index in [2.05, 4.69) is 30.0 Å². The molecule has 0 spiro atoms. The summed E-state index contributed by atoms with van der Waals surface area (Å²) in [4.78, 5) is 16.2. The van der Waals surface area contributed by atoms with Crippen LogP contribution in [-0.2, 0) is 4.79 Å². The number of carbonyl (C=O) groups is 1. The van der Waals surface area contributed by atoms with Crippen molar-refractivity contribution < 1.29 is 4.79 Å². The maximum absolute atomic E-state index is 12.2. The van der Waals surface area contributed by atoms with E-state index in [1.54, 1.807) is 0 Å². The second-order valence-corrected chi connectivity index (χ2v) is 5.67. The molecule has 1 aliphatic rings. The molecule has 0 aromatic heterocycles. The van der Waals surface area contributed by atoms with Gasteiger partial charge in [0.2, 0.25) is 5.91 Å². The fraction of sp³-hybridized carbons (Fsp3) is 0.562. The van der Waals surface area contributed by atoms with Gasteiger partial charge in [-0.05, 0) is 32.4 Å². The molecule has 0 saturated carbocycles. The third kappa shape index (κ3) is 3.58. The molecule has 4 nitrogen and oxygen atoms in total. The molecule has 0 aliphatic carbocycles. The summed E-state index contributed by atoms with van der Waals surface area (Å²) in [5.74, 6) is 0.219. The van der Waals surface area contributed by atoms with E-state index in [9.17, 15) is 4.79 Å². The van der Waals surface area contributed by atoms with Crippen LogP contribution >= 0.6 is 0 Å². The van der Waals surface area contributed by atoms with Crippen molar-refractivity contribution in [3.63, 3.8) is 0 Å². The zero-order valence-electron chi connectivity index (χ0n) is 12.5. The van der Waals surface area contributed by atoms with E-state index < -0.39 is 0 Å². The Kier molecular flexibility index (Phi) is 5.15. The highest BCUT2D eigenvalue weighted by Gasteiger charge is 2.23. The monoisotopic (exact) mass is 275 g/mol. The molecule has 1 amide bonds. The minimum atomic E-state index is 0.0986. The summed E-state index contributed by atoms with van der Waals surface area (Å²) in [7, 11) is 1.98. The number of hydrogen-bond acceptors (Lipinski definition) is 3. The second kappa shape index (κ2) is 6.86. The van der Waals surface area contributed by atoms with Gasteiger partial charge in [-0.25, -0.2) is 0 Å². The van der Waals surface area contributed by atoms with Crippen LogP contribution in [0.2, 0.25) is 0 Å². The van der Waals surface area contributed by atoms with Crippen LogP contribution < -0.4 is 5.73 Å². The maximum atomic E-state index is 12.2. The maximum Gasteiger partial charge on any atom is 0.236 e. The van der Waals surface area contributed by atoms with Crippen LogP contribution in [0.5, 0.6) is 0 Å². The Labute approximate surface area is 121 Å². The summed E-state index contributed by atoms with van der Waals surface area (Å²) in [5, 5.41) is 0. The highest BCUT2D eigenvalue weighted by molar-refractivity contribution is 5.78. The van der Waals surface area contributed by atoms with Gasteiger partial charge in [-0.1, -0.05) is 29.8 Å². The third-order valence-electron chi connectivity index (χ3n) is 4.03. The van der Waals surface area contributed by atoms with Crippen LogP contribution in [0.3, 0.4) is 0 Å². The number of nitrogens with two attached hydrogens (primary N) is 1. The van der Waals surface area contributed by atoms with E-state index in [4.69, 9.17) is 5.73 Å². The number of benzene rings is 1. The van der Waals surface area contributed by atoms with Crippen molar-refractivity contribution in [1.82, 2.24) is 9.80 Å². The smallest absolute Gasteiger partial charge is 0.236 e. The molecule has 1 aliphatic heterocycles. The third-order valence-corrected chi connectivity index (χ3v) is 4.03. The van der Waals surface area contributed by atoms with E-state index in [1.807, 2.05) is 18.0 Å². The lowest BCUT2D eigenvalue weighted by molar-refractivity contribution is -0.131. The number of hydrogen-bond donors (Lipinski definition) is 1. The predicted octanol–water partition coefficient (Wildman–Crippen LogP) is 1.55. The summed E-state index contributed by atoms with van der Waals surface area (Å²) in [6, 6.07) is 8.45. The zero-order valence-corrected chi connectivity index (χ0v) is 12.5. The molecule has 1 aromatic rings. The second-order valence-electron chi connectivity index (χ2n) is 5.67. The molecular formula is C16H25N3O. The summed E-state index contributed by atoms with van der Waals surface area (Å²) in [6.45, 7) is 4.85. The zero-order chi connectivity index (χ0) is 14.5. The highest BCUT2D eigenvalue weighted by Crippen LogP contribution is 2.19. The van der Waals surface area contributed by atoms with E-state index in [0.717, 1.165) is 25.9 Å². The van der Waals surface area contributed by atoms with Gasteiger partial charge in [0.05, 0.1) is 6.54 Å². The minimum absolute atomic E-state index is 0.0986. The largest absolute Gasteiger partial charge is 0.342 e. The number of aryl methyl sites for hydroxylation is 1. The van der Waals surface area contributed by atoms with Crippen molar-refractivity contribution in [3.05, 3.63) is 35.4 Å². The van der Waals surface area contributed by atoms with Gasteiger partial charge in [-0.2, -0.15) is 0 Å². The fourth-order valence-corrected chi connectivity index (χ4v) is 2.84. The summed E-state index contributed by atoms with van der Waals surface area (Å²) in [6.07, 6.45) is 2.27. The fourth-order valence-electron chi connectivity index (χ4n) is 2.84. The quantitative estimate of drug-likeness (QED) is 0.887. The molecule has 0 bridgehead atoms. The van der Waals surface area contributed by atoms with Crippen LogP contribution in [0.15, 0.2) is 24.3 Å². The molecule has 2 rings (SSSR count). The Hall–Kier alpha value is -1.39. The van der Waals surface area contributed by atoms with E-state index >= 15 is 0 Å². The first kappa shape index (κ1) is 15.0. The summed E-state index contributed by atoms with van der Waals surface area (Å²) in [5.41, 5.74) is 8.33. The lowest BCUT2D eigenvalue weighted by atomic mass is 10.0. The van der Waals surface area contributed by atoms with Crippen LogP contribution in [0, 0.1) is 6.92 Å². The standard InChI is InChI=1S/C16H25N3O/c1-13-6-5-7-14(10-13)15(11-17)18(2)12-16(20)19-8-3-4-9-19/h5-7,10,15H,3-4,8-9,11-12,17H2,1-2H3. The Morgan fingerprint density at radius 2 is 2.10 bits per heavy atom. The lowest BCUT2D eigenvalue weighted by Crippen LogP contribution is -2.40. The van der Waals surface area contributed by atoms with Crippen molar-refractivity contribution in [2.24, 2.45) is 5.73 Å². The first-order valence-corrected chi connectivity index (χ1v) is 7.36. The molecule has 2 N–H and O–H groups in total. The molecule has 20 heavy (non-hydrogen) atoms. The van der Waals surface area contributed by atoms with E-state index in [0.29, 0.717) is 13.1 Å². The number of carbonyl (C=O) groups excluding carboxylic acids is 1. The number of likely N-dealkylation sites (tertiary alicyclic amines) is 1. The Balaban J connectivity index is 2.01. The molecule has 1 saturated heterocycles. The molecule has 4 heteroatoms. The molecule has 1 aromatic carbocycles. The molecule has 1 fully saturated rings. The number of rotatable bonds is 5. The highest BCUT2D eigenvalue weighted by atomic mass is 16.2. The Morgan fingerprint density at radius 3 is 2.70 bits per heavy atom. The van der Waals surface area contributed by atoms with Gasteiger partial charge in [0.25, 0.3) is 0 Å². The van der Waals surface area contributed by atoms with Gasteiger partial charge in [0.1, 0.15) is 0 Å². The van der Waals surface area contributed by atoms with E-state index in [1.165, 1.54) is 11.1 Å². The SMILES string of the molecule is Cc1cccc(C(CN)N(C)CC(=O)N2CCCC2)c1. The van der Waals surface area contributed by atoms with Crippen molar-refractivity contribution >= 4 is 5.91 Å². The van der Waals surface area contributed by atoms with Gasteiger partial charge >= 0.3 is 0 Å². The average Bonchev–Trinajstić information content (AvgIpc) is 2.93. The first-order chi connectivity index (χ1) is 9.61. The van der Waals surface area contributed by atoms with Crippen LogP contribution in [0.1, 0.15) is 30.0 Å². The van der Waals surface area contributed by atoms with Crippen LogP contribution in [0.25, 0.3) is 0 Å². The van der Waals surface area contributed by atoms with Gasteiger partial charge < -0.3 is 10.6 Å². The number of likely N-dealkylation sites (N-methyl/N-ethyl adjacent to an activating group) is 1. The number of amides is 1. The molecule has 1 unspecified atom stereocenters. The molecular weight excluding hydrogens is 250 g/mol. The summed E-state index contributed by atoms with van der Waals surface area (Å²) >= 11 is 0. The van der Waals surface area contributed by atoms with Gasteiger partial charge in [-0.15, -0.1) is 0 Å². The normalized spacial score (nSPS) is 16.7. The van der Waals surface area contributed by atoms with Crippen LogP contribution in [-0.4, -0.2) is 48.9 Å². The van der Waals surface area contributed by atoms with Crippen molar-refractivity contribution in [2.45, 2.75) is 25.8 Å². The topological polar surface area (TPSA) is 49.6 Å². The Bertz CT molecular complexity index is 455. The average molecular weight is 275 g/mol. The predicted molar refractivity (Wildman–Crippen MR) is 81.4 cm³/mol. The molecule has 1 heterocycles. The minimum Gasteiger partial charge on any atom is -0.342 e. The van der Waals surface area contributed by atoms with Crippen LogP contribution in [0.4, 0.5) is 0 Å². The van der Waals surface area contributed by atoms with Crippen molar-refractivity contribution in [2.75, 3.05) is 33.2 Å². The van der Waals surface area contributed by atoms with Crippen molar-refractivity contribution in [3.8, 4) is 0 Å². The number of nitrogens with zero attached hydrogens (tertiary/aromatic N) is 2. The van der Waals surface area contributed by atoms with Crippen molar-refractivity contribution in [1.29, 1.82) is 0 Å². The first-order valence-electron chi connectivity index (χ1n) is 7.36. The molecule has 1 atom stereocenters. The van der Waals surface area contributed by atoms with Gasteiger partial charge in [0, 0.05) is 25.7 Å². The molecule has 0 radical (unpaired) electrons. The summed E-state index contributed by atoms with van der Waals surface area (Å²) < 4.78 is 0. The van der Waals surface area contributed by atoms with Gasteiger partial charge in [-0.3, -0.25) is 9.69 Å². The molecule has 110 valence electrons. The Morgan fingerprint density at radius 1 is 1.40 bits per heavy atom.